The number of carbonyl (C=O) groups excluding carboxylic acids is 1. The summed E-state index contributed by atoms with van der Waals surface area (Å²) in [7, 11) is 0. The molecule has 0 radical (unpaired) electrons. The number of thioether (sulfide) groups is 1. The Bertz CT molecular complexity index is 1020. The number of H-pyrrole nitrogens is 1. The molecule has 0 fully saturated rings. The van der Waals surface area contributed by atoms with Crippen LogP contribution in [0.15, 0.2) is 53.7 Å². The van der Waals surface area contributed by atoms with Crippen molar-refractivity contribution >= 4 is 41.2 Å². The van der Waals surface area contributed by atoms with Gasteiger partial charge in [-0.3, -0.25) is 20.0 Å². The van der Waals surface area contributed by atoms with Gasteiger partial charge in [-0.15, -0.1) is 5.10 Å². The van der Waals surface area contributed by atoms with E-state index < -0.39 is 4.92 Å². The van der Waals surface area contributed by atoms with Gasteiger partial charge in [-0.25, -0.2) is 4.98 Å². The second kappa shape index (κ2) is 8.96. The quantitative estimate of drug-likeness (QED) is 0.356. The normalized spacial score (nSPS) is 10.9. The largest absolute Gasteiger partial charge is 0.325 e. The Labute approximate surface area is 165 Å². The first kappa shape index (κ1) is 19.3. The molecule has 2 aromatic carbocycles. The molecule has 28 heavy (non-hydrogen) atoms. The predicted octanol–water partition coefficient (Wildman–Crippen LogP) is 3.92. The summed E-state index contributed by atoms with van der Waals surface area (Å²) in [5, 5.41) is 21.0. The van der Waals surface area contributed by atoms with E-state index in [0.29, 0.717) is 22.2 Å². The first-order chi connectivity index (χ1) is 13.5. The molecule has 0 atom stereocenters. The Kier molecular flexibility index (Phi) is 6.18. The van der Waals surface area contributed by atoms with Gasteiger partial charge in [0.25, 0.3) is 5.69 Å². The van der Waals surface area contributed by atoms with E-state index in [1.807, 2.05) is 36.4 Å². The summed E-state index contributed by atoms with van der Waals surface area (Å²) >= 11 is 1.17. The van der Waals surface area contributed by atoms with E-state index in [1.165, 1.54) is 23.9 Å². The molecule has 142 valence electrons. The number of anilines is 1. The van der Waals surface area contributed by atoms with Gasteiger partial charge in [0.05, 0.1) is 21.9 Å². The lowest BCUT2D eigenvalue weighted by Crippen LogP contribution is -2.15. The molecule has 1 amide bonds. The Morgan fingerprint density at radius 1 is 1.21 bits per heavy atom. The lowest BCUT2D eigenvalue weighted by Gasteiger charge is -2.07. The van der Waals surface area contributed by atoms with Crippen LogP contribution in [0.2, 0.25) is 0 Å². The number of rotatable bonds is 7. The zero-order valence-electron chi connectivity index (χ0n) is 15.0. The highest BCUT2D eigenvalue weighted by Gasteiger charge is 2.15. The van der Waals surface area contributed by atoms with E-state index in [1.54, 1.807) is 19.1 Å². The van der Waals surface area contributed by atoms with E-state index in [0.717, 1.165) is 5.56 Å². The summed E-state index contributed by atoms with van der Waals surface area (Å²) in [5.74, 6) is 0.378. The van der Waals surface area contributed by atoms with Crippen molar-refractivity contribution in [2.75, 3.05) is 11.1 Å². The third kappa shape index (κ3) is 5.04. The number of aromatic amines is 1. The van der Waals surface area contributed by atoms with Gasteiger partial charge in [0.15, 0.2) is 0 Å². The number of hydrogen-bond donors (Lipinski definition) is 2. The average Bonchev–Trinajstić information content (AvgIpc) is 3.15. The Hall–Kier alpha value is -3.46. The Morgan fingerprint density at radius 3 is 2.75 bits per heavy atom. The molecule has 1 aromatic heterocycles. The van der Waals surface area contributed by atoms with Crippen molar-refractivity contribution in [3.63, 3.8) is 0 Å². The molecule has 0 saturated carbocycles. The second-order valence-corrected chi connectivity index (χ2v) is 6.73. The first-order valence-electron chi connectivity index (χ1n) is 8.35. The summed E-state index contributed by atoms with van der Waals surface area (Å²) in [6, 6.07) is 14.4. The van der Waals surface area contributed by atoms with Crippen molar-refractivity contribution in [2.24, 2.45) is 0 Å². The van der Waals surface area contributed by atoms with Crippen LogP contribution in [0.5, 0.6) is 0 Å². The fourth-order valence-electron chi connectivity index (χ4n) is 2.41. The minimum atomic E-state index is -0.474. The van der Waals surface area contributed by atoms with Crippen LogP contribution in [0.25, 0.3) is 12.2 Å². The highest BCUT2D eigenvalue weighted by molar-refractivity contribution is 7.99. The molecule has 0 aliphatic rings. The fraction of sp³-hybridized carbons (Fsp3) is 0.105. The van der Waals surface area contributed by atoms with E-state index in [4.69, 9.17) is 0 Å². The molecule has 0 bridgehead atoms. The summed E-state index contributed by atoms with van der Waals surface area (Å²) in [6.45, 7) is 1.60. The van der Waals surface area contributed by atoms with Gasteiger partial charge in [-0.1, -0.05) is 54.2 Å². The molecule has 3 rings (SSSR count). The number of aromatic nitrogens is 3. The Balaban J connectivity index is 1.56. The van der Waals surface area contributed by atoms with Crippen molar-refractivity contribution in [3.05, 3.63) is 75.6 Å². The third-order valence-electron chi connectivity index (χ3n) is 3.82. The average molecular weight is 395 g/mol. The van der Waals surface area contributed by atoms with Crippen LogP contribution < -0.4 is 5.32 Å². The predicted molar refractivity (Wildman–Crippen MR) is 109 cm³/mol. The molecule has 2 N–H and O–H groups in total. The van der Waals surface area contributed by atoms with Crippen molar-refractivity contribution in [3.8, 4) is 0 Å². The highest BCUT2D eigenvalue weighted by atomic mass is 32.2. The van der Waals surface area contributed by atoms with Crippen molar-refractivity contribution in [1.29, 1.82) is 0 Å². The fourth-order valence-corrected chi connectivity index (χ4v) is 3.02. The zero-order valence-corrected chi connectivity index (χ0v) is 15.8. The van der Waals surface area contributed by atoms with Crippen LogP contribution in [-0.2, 0) is 4.79 Å². The lowest BCUT2D eigenvalue weighted by molar-refractivity contribution is -0.385. The number of nitro benzene ring substituents is 1. The molecule has 0 saturated heterocycles. The van der Waals surface area contributed by atoms with Crippen LogP contribution in [0.3, 0.4) is 0 Å². The molecule has 9 heteroatoms. The molecule has 0 spiro atoms. The van der Waals surface area contributed by atoms with E-state index in [-0.39, 0.29) is 17.3 Å². The first-order valence-corrected chi connectivity index (χ1v) is 9.33. The Morgan fingerprint density at radius 2 is 2.00 bits per heavy atom. The van der Waals surface area contributed by atoms with Crippen LogP contribution in [0.4, 0.5) is 11.4 Å². The third-order valence-corrected chi connectivity index (χ3v) is 4.67. The SMILES string of the molecule is Cc1c(NC(=O)CSc2n[nH]c(/C=C/c3ccccc3)n2)cccc1[N+](=O)[O-]. The minimum absolute atomic E-state index is 0.0331. The number of nitrogens with one attached hydrogen (secondary N) is 2. The summed E-state index contributed by atoms with van der Waals surface area (Å²) in [5.41, 5.74) is 1.84. The number of hydrogen-bond acceptors (Lipinski definition) is 6. The molecular weight excluding hydrogens is 378 g/mol. The molecule has 0 unspecified atom stereocenters. The molecular formula is C19H17N5O3S. The molecule has 1 heterocycles. The number of carbonyl (C=O) groups is 1. The maximum absolute atomic E-state index is 12.2. The van der Waals surface area contributed by atoms with Crippen LogP contribution in [0.1, 0.15) is 17.0 Å². The molecule has 8 nitrogen and oxygen atoms in total. The summed E-state index contributed by atoms with van der Waals surface area (Å²) < 4.78 is 0. The van der Waals surface area contributed by atoms with E-state index in [9.17, 15) is 14.9 Å². The van der Waals surface area contributed by atoms with Crippen molar-refractivity contribution in [1.82, 2.24) is 15.2 Å². The number of benzene rings is 2. The van der Waals surface area contributed by atoms with Gasteiger partial charge < -0.3 is 5.32 Å². The standard InChI is InChI=1S/C19H17N5O3S/c1-13-15(8-5-9-16(13)24(26)27)20-18(25)12-28-19-21-17(22-23-19)11-10-14-6-3-2-4-7-14/h2-11H,12H2,1H3,(H,20,25)(H,21,22,23)/b11-10+. The smallest absolute Gasteiger partial charge is 0.274 e. The minimum Gasteiger partial charge on any atom is -0.325 e. The molecule has 3 aromatic rings. The van der Waals surface area contributed by atoms with Gasteiger partial charge in [0, 0.05) is 6.07 Å². The van der Waals surface area contributed by atoms with Crippen molar-refractivity contribution in [2.45, 2.75) is 12.1 Å². The monoisotopic (exact) mass is 395 g/mol. The van der Waals surface area contributed by atoms with E-state index >= 15 is 0 Å². The maximum atomic E-state index is 12.2. The van der Waals surface area contributed by atoms with E-state index in [2.05, 4.69) is 20.5 Å². The summed E-state index contributed by atoms with van der Waals surface area (Å²) in [6.07, 6.45) is 3.71. The van der Waals surface area contributed by atoms with Crippen LogP contribution in [0, 0.1) is 17.0 Å². The van der Waals surface area contributed by atoms with Gasteiger partial charge in [0.1, 0.15) is 5.82 Å². The summed E-state index contributed by atoms with van der Waals surface area (Å²) in [4.78, 5) is 27.0. The topological polar surface area (TPSA) is 114 Å². The zero-order chi connectivity index (χ0) is 19.9. The number of nitro groups is 1. The van der Waals surface area contributed by atoms with Gasteiger partial charge >= 0.3 is 0 Å². The second-order valence-electron chi connectivity index (χ2n) is 5.79. The molecule has 0 aliphatic carbocycles. The van der Waals surface area contributed by atoms with Gasteiger partial charge in [-0.05, 0) is 24.6 Å². The number of nitrogens with zero attached hydrogens (tertiary/aromatic N) is 3. The molecule has 0 aliphatic heterocycles. The maximum Gasteiger partial charge on any atom is 0.274 e. The lowest BCUT2D eigenvalue weighted by atomic mass is 10.1. The highest BCUT2D eigenvalue weighted by Crippen LogP contribution is 2.25. The van der Waals surface area contributed by atoms with Crippen LogP contribution >= 0.6 is 11.8 Å². The van der Waals surface area contributed by atoms with Crippen LogP contribution in [-0.4, -0.2) is 31.8 Å². The van der Waals surface area contributed by atoms with Crippen molar-refractivity contribution < 1.29 is 9.72 Å². The van der Waals surface area contributed by atoms with Gasteiger partial charge in [-0.2, -0.15) is 0 Å². The van der Waals surface area contributed by atoms with Gasteiger partial charge in [0.2, 0.25) is 11.1 Å². The number of amides is 1.